The van der Waals surface area contributed by atoms with Gasteiger partial charge in [-0.3, -0.25) is 0 Å². The Kier molecular flexibility index (Phi) is 3.22. The maximum absolute atomic E-state index is 6.14. The van der Waals surface area contributed by atoms with Gasteiger partial charge in [0.05, 0.1) is 7.11 Å². The molecule has 0 saturated heterocycles. The molecule has 2 rings (SSSR count). The fourth-order valence-electron chi connectivity index (χ4n) is 2.04. The standard InChI is InChI=1S/C14H20N4O/c1-14(2,3)13-17-11(12(15)18(13)4)9-6-7-10(19-5)16-8-9/h6-8H,15H2,1-5H3. The molecule has 0 aliphatic rings. The van der Waals surface area contributed by atoms with Crippen LogP contribution >= 0.6 is 0 Å². The van der Waals surface area contributed by atoms with Crippen LogP contribution in [0.3, 0.4) is 0 Å². The largest absolute Gasteiger partial charge is 0.481 e. The van der Waals surface area contributed by atoms with E-state index in [1.54, 1.807) is 19.4 Å². The first-order valence-electron chi connectivity index (χ1n) is 6.17. The number of aromatic nitrogens is 3. The third kappa shape index (κ3) is 2.41. The van der Waals surface area contributed by atoms with Crippen molar-refractivity contribution in [1.82, 2.24) is 14.5 Å². The van der Waals surface area contributed by atoms with E-state index in [-0.39, 0.29) is 5.41 Å². The van der Waals surface area contributed by atoms with Gasteiger partial charge in [0.2, 0.25) is 5.88 Å². The monoisotopic (exact) mass is 260 g/mol. The van der Waals surface area contributed by atoms with Crippen molar-refractivity contribution < 1.29 is 4.74 Å². The minimum absolute atomic E-state index is 0.0545. The van der Waals surface area contributed by atoms with Crippen LogP contribution in [0.15, 0.2) is 18.3 Å². The van der Waals surface area contributed by atoms with E-state index in [0.717, 1.165) is 17.1 Å². The zero-order valence-electron chi connectivity index (χ0n) is 12.1. The summed E-state index contributed by atoms with van der Waals surface area (Å²) in [5.74, 6) is 2.18. The Morgan fingerprint density at radius 1 is 1.26 bits per heavy atom. The van der Waals surface area contributed by atoms with Crippen molar-refractivity contribution in [2.45, 2.75) is 26.2 Å². The van der Waals surface area contributed by atoms with Crippen LogP contribution in [0.5, 0.6) is 5.88 Å². The molecule has 0 unspecified atom stereocenters. The first-order valence-corrected chi connectivity index (χ1v) is 6.17. The molecule has 0 spiro atoms. The molecule has 5 nitrogen and oxygen atoms in total. The molecule has 0 fully saturated rings. The summed E-state index contributed by atoms with van der Waals surface area (Å²) in [6, 6.07) is 3.72. The molecular weight excluding hydrogens is 240 g/mol. The van der Waals surface area contributed by atoms with Crippen LogP contribution in [0.1, 0.15) is 26.6 Å². The van der Waals surface area contributed by atoms with Crippen LogP contribution in [0.25, 0.3) is 11.3 Å². The lowest BCUT2D eigenvalue weighted by Crippen LogP contribution is -2.17. The topological polar surface area (TPSA) is 66.0 Å². The highest BCUT2D eigenvalue weighted by atomic mass is 16.5. The molecule has 0 atom stereocenters. The van der Waals surface area contributed by atoms with E-state index in [9.17, 15) is 0 Å². The molecule has 2 N–H and O–H groups in total. The minimum Gasteiger partial charge on any atom is -0.481 e. The average molecular weight is 260 g/mol. The minimum atomic E-state index is -0.0545. The number of hydrogen-bond acceptors (Lipinski definition) is 4. The Morgan fingerprint density at radius 3 is 2.37 bits per heavy atom. The number of imidazole rings is 1. The summed E-state index contributed by atoms with van der Waals surface area (Å²) in [7, 11) is 3.53. The number of anilines is 1. The Bertz CT molecular complexity index is 579. The van der Waals surface area contributed by atoms with Crippen molar-refractivity contribution in [1.29, 1.82) is 0 Å². The summed E-state index contributed by atoms with van der Waals surface area (Å²) in [4.78, 5) is 8.85. The van der Waals surface area contributed by atoms with Crippen molar-refractivity contribution >= 4 is 5.82 Å². The fourth-order valence-corrected chi connectivity index (χ4v) is 2.04. The zero-order chi connectivity index (χ0) is 14.2. The van der Waals surface area contributed by atoms with Crippen molar-refractivity contribution in [2.75, 3.05) is 12.8 Å². The number of nitrogen functional groups attached to an aromatic ring is 1. The molecule has 102 valence electrons. The Labute approximate surface area is 113 Å². The number of nitrogens with zero attached hydrogens (tertiary/aromatic N) is 3. The Hall–Kier alpha value is -2.04. The predicted octanol–water partition coefficient (Wildman–Crippen LogP) is 2.37. The molecule has 0 amide bonds. The van der Waals surface area contributed by atoms with E-state index in [0.29, 0.717) is 11.7 Å². The van der Waals surface area contributed by atoms with Gasteiger partial charge >= 0.3 is 0 Å². The number of ether oxygens (including phenoxy) is 1. The summed E-state index contributed by atoms with van der Waals surface area (Å²) >= 11 is 0. The predicted molar refractivity (Wildman–Crippen MR) is 76.1 cm³/mol. The third-order valence-corrected chi connectivity index (χ3v) is 3.03. The maximum Gasteiger partial charge on any atom is 0.212 e. The fraction of sp³-hybridized carbons (Fsp3) is 0.429. The lowest BCUT2D eigenvalue weighted by Gasteiger charge is -2.17. The second-order valence-electron chi connectivity index (χ2n) is 5.57. The number of rotatable bonds is 2. The number of pyridine rings is 1. The Morgan fingerprint density at radius 2 is 1.95 bits per heavy atom. The van der Waals surface area contributed by atoms with Crippen LogP contribution in [0.4, 0.5) is 5.82 Å². The number of methoxy groups -OCH3 is 1. The van der Waals surface area contributed by atoms with Gasteiger partial charge in [0.15, 0.2) is 0 Å². The lowest BCUT2D eigenvalue weighted by atomic mass is 9.96. The molecule has 0 aliphatic carbocycles. The SMILES string of the molecule is COc1ccc(-c2nc(C(C)(C)C)n(C)c2N)cn1. The van der Waals surface area contributed by atoms with Gasteiger partial charge in [-0.1, -0.05) is 20.8 Å². The quantitative estimate of drug-likeness (QED) is 0.900. The average Bonchev–Trinajstić information content (AvgIpc) is 2.66. The molecular formula is C14H20N4O. The molecule has 0 aliphatic heterocycles. The summed E-state index contributed by atoms with van der Waals surface area (Å²) in [5, 5.41) is 0. The summed E-state index contributed by atoms with van der Waals surface area (Å²) in [6.45, 7) is 6.35. The zero-order valence-corrected chi connectivity index (χ0v) is 12.1. The first-order chi connectivity index (χ1) is 8.84. The third-order valence-electron chi connectivity index (χ3n) is 3.03. The van der Waals surface area contributed by atoms with E-state index < -0.39 is 0 Å². The van der Waals surface area contributed by atoms with Crippen molar-refractivity contribution in [2.24, 2.45) is 7.05 Å². The van der Waals surface area contributed by atoms with E-state index >= 15 is 0 Å². The maximum atomic E-state index is 6.14. The Balaban J connectivity index is 2.50. The number of hydrogen-bond donors (Lipinski definition) is 1. The second kappa shape index (κ2) is 4.57. The normalized spacial score (nSPS) is 11.6. The van der Waals surface area contributed by atoms with Crippen LogP contribution < -0.4 is 10.5 Å². The van der Waals surface area contributed by atoms with Gasteiger partial charge in [-0.15, -0.1) is 0 Å². The van der Waals surface area contributed by atoms with Crippen LogP contribution in [-0.2, 0) is 12.5 Å². The molecule has 0 aromatic carbocycles. The molecule has 2 aromatic rings. The highest BCUT2D eigenvalue weighted by Gasteiger charge is 2.23. The van der Waals surface area contributed by atoms with E-state index in [2.05, 4.69) is 30.7 Å². The molecule has 5 heteroatoms. The van der Waals surface area contributed by atoms with Crippen LogP contribution in [0, 0.1) is 0 Å². The summed E-state index contributed by atoms with van der Waals surface area (Å²) < 4.78 is 6.98. The lowest BCUT2D eigenvalue weighted by molar-refractivity contribution is 0.398. The van der Waals surface area contributed by atoms with E-state index in [4.69, 9.17) is 10.5 Å². The smallest absolute Gasteiger partial charge is 0.212 e. The van der Waals surface area contributed by atoms with Crippen molar-refractivity contribution in [3.63, 3.8) is 0 Å². The highest BCUT2D eigenvalue weighted by Crippen LogP contribution is 2.30. The van der Waals surface area contributed by atoms with Gasteiger partial charge in [-0.2, -0.15) is 0 Å². The summed E-state index contributed by atoms with van der Waals surface area (Å²) in [6.07, 6.45) is 1.73. The van der Waals surface area contributed by atoms with Gasteiger partial charge in [0.1, 0.15) is 17.3 Å². The van der Waals surface area contributed by atoms with Crippen LogP contribution in [0.2, 0.25) is 0 Å². The van der Waals surface area contributed by atoms with Gasteiger partial charge in [-0.05, 0) is 6.07 Å². The van der Waals surface area contributed by atoms with Gasteiger partial charge in [0.25, 0.3) is 0 Å². The van der Waals surface area contributed by atoms with Crippen molar-refractivity contribution in [3.05, 3.63) is 24.2 Å². The highest BCUT2D eigenvalue weighted by molar-refractivity contribution is 5.70. The van der Waals surface area contributed by atoms with E-state index in [1.165, 1.54) is 0 Å². The summed E-state index contributed by atoms with van der Waals surface area (Å²) in [5.41, 5.74) is 7.75. The first kappa shape index (κ1) is 13.4. The molecule has 0 bridgehead atoms. The molecule has 0 radical (unpaired) electrons. The van der Waals surface area contributed by atoms with Gasteiger partial charge in [0, 0.05) is 30.3 Å². The molecule has 2 heterocycles. The molecule has 0 saturated carbocycles. The van der Waals surface area contributed by atoms with E-state index in [1.807, 2.05) is 17.7 Å². The van der Waals surface area contributed by atoms with Crippen LogP contribution in [-0.4, -0.2) is 21.6 Å². The molecule has 19 heavy (non-hydrogen) atoms. The number of nitrogens with two attached hydrogens (primary N) is 1. The van der Waals surface area contributed by atoms with Crippen molar-refractivity contribution in [3.8, 4) is 17.1 Å². The van der Waals surface area contributed by atoms with Gasteiger partial charge < -0.3 is 15.0 Å². The second-order valence-corrected chi connectivity index (χ2v) is 5.57. The van der Waals surface area contributed by atoms with Gasteiger partial charge in [-0.25, -0.2) is 9.97 Å². The molecule has 2 aromatic heterocycles.